The van der Waals surface area contributed by atoms with Crippen LogP contribution in [0.15, 0.2) is 24.4 Å². The lowest BCUT2D eigenvalue weighted by molar-refractivity contribution is 0.324. The van der Waals surface area contributed by atoms with Gasteiger partial charge in [0.2, 0.25) is 5.75 Å². The summed E-state index contributed by atoms with van der Waals surface area (Å²) in [6.07, 6.45) is 1.74. The summed E-state index contributed by atoms with van der Waals surface area (Å²) in [6.45, 7) is 1.97. The van der Waals surface area contributed by atoms with E-state index in [-0.39, 0.29) is 0 Å². The van der Waals surface area contributed by atoms with Crippen molar-refractivity contribution in [2.24, 2.45) is 0 Å². The van der Waals surface area contributed by atoms with Crippen LogP contribution in [0, 0.1) is 6.92 Å². The van der Waals surface area contributed by atoms with Crippen LogP contribution in [0.1, 0.15) is 5.69 Å². The Morgan fingerprint density at radius 2 is 1.68 bits per heavy atom. The van der Waals surface area contributed by atoms with Gasteiger partial charge in [-0.2, -0.15) is 5.10 Å². The van der Waals surface area contributed by atoms with Crippen molar-refractivity contribution in [1.29, 1.82) is 0 Å². The lowest BCUT2D eigenvalue weighted by Crippen LogP contribution is -1.96. The second-order valence-corrected chi connectivity index (χ2v) is 4.82. The number of fused-ring (bicyclic) bond motifs is 1. The Morgan fingerprint density at radius 1 is 1.00 bits per heavy atom. The number of nitrogens with one attached hydrogen (secondary N) is 1. The van der Waals surface area contributed by atoms with Crippen molar-refractivity contribution < 1.29 is 14.2 Å². The molecular weight excluding hydrogens is 282 g/mol. The fourth-order valence-electron chi connectivity index (χ4n) is 2.55. The van der Waals surface area contributed by atoms with Gasteiger partial charge in [0.1, 0.15) is 0 Å². The van der Waals surface area contributed by atoms with Crippen LogP contribution in [0.3, 0.4) is 0 Å². The minimum absolute atomic E-state index is 0.560. The normalized spacial score (nSPS) is 10.7. The van der Waals surface area contributed by atoms with Crippen LogP contribution in [-0.2, 0) is 0 Å². The summed E-state index contributed by atoms with van der Waals surface area (Å²) < 4.78 is 16.2. The molecule has 22 heavy (non-hydrogen) atoms. The van der Waals surface area contributed by atoms with Crippen molar-refractivity contribution in [1.82, 2.24) is 15.2 Å². The Hall–Kier alpha value is -2.76. The van der Waals surface area contributed by atoms with Crippen LogP contribution < -0.4 is 14.2 Å². The maximum Gasteiger partial charge on any atom is 0.203 e. The maximum atomic E-state index is 5.41. The molecule has 6 heteroatoms. The molecule has 2 aromatic heterocycles. The van der Waals surface area contributed by atoms with Gasteiger partial charge in [-0.25, -0.2) is 0 Å². The zero-order valence-corrected chi connectivity index (χ0v) is 12.9. The average molecular weight is 299 g/mol. The van der Waals surface area contributed by atoms with Gasteiger partial charge >= 0.3 is 0 Å². The van der Waals surface area contributed by atoms with E-state index >= 15 is 0 Å². The third-order valence-electron chi connectivity index (χ3n) is 3.59. The van der Waals surface area contributed by atoms with Crippen LogP contribution in [0.2, 0.25) is 0 Å². The molecule has 0 aliphatic heterocycles. The number of hydrogen-bond acceptors (Lipinski definition) is 5. The molecule has 3 aromatic rings. The fraction of sp³-hybridized carbons (Fsp3) is 0.250. The topological polar surface area (TPSA) is 69.3 Å². The summed E-state index contributed by atoms with van der Waals surface area (Å²) in [5, 5.41) is 8.24. The number of benzene rings is 1. The smallest absolute Gasteiger partial charge is 0.203 e. The summed E-state index contributed by atoms with van der Waals surface area (Å²) in [5.41, 5.74) is 3.54. The first-order valence-electron chi connectivity index (χ1n) is 6.79. The number of aromatic nitrogens is 3. The van der Waals surface area contributed by atoms with Gasteiger partial charge in [-0.1, -0.05) is 0 Å². The summed E-state index contributed by atoms with van der Waals surface area (Å²) >= 11 is 0. The van der Waals surface area contributed by atoms with Crippen LogP contribution in [0.5, 0.6) is 17.2 Å². The molecule has 0 bridgehead atoms. The van der Waals surface area contributed by atoms with Crippen molar-refractivity contribution in [3.05, 3.63) is 30.1 Å². The second-order valence-electron chi connectivity index (χ2n) is 4.82. The number of aromatic amines is 1. The number of aryl methyl sites for hydroxylation is 1. The monoisotopic (exact) mass is 299 g/mol. The summed E-state index contributed by atoms with van der Waals surface area (Å²) in [6, 6.07) is 5.64. The molecule has 0 fully saturated rings. The molecule has 0 atom stereocenters. The van der Waals surface area contributed by atoms with Crippen molar-refractivity contribution in [2.45, 2.75) is 6.92 Å². The van der Waals surface area contributed by atoms with Crippen molar-refractivity contribution in [3.63, 3.8) is 0 Å². The summed E-state index contributed by atoms with van der Waals surface area (Å²) in [4.78, 5) is 4.50. The van der Waals surface area contributed by atoms with Crippen molar-refractivity contribution in [2.75, 3.05) is 21.3 Å². The quantitative estimate of drug-likeness (QED) is 0.802. The fourth-order valence-corrected chi connectivity index (χ4v) is 2.55. The third-order valence-corrected chi connectivity index (χ3v) is 3.59. The van der Waals surface area contributed by atoms with Gasteiger partial charge in [0, 0.05) is 22.8 Å². The average Bonchev–Trinajstić information content (AvgIpc) is 2.94. The molecule has 3 rings (SSSR count). The Balaban J connectivity index is 2.29. The number of hydrogen-bond donors (Lipinski definition) is 1. The van der Waals surface area contributed by atoms with Gasteiger partial charge in [0.25, 0.3) is 0 Å². The van der Waals surface area contributed by atoms with Gasteiger partial charge in [-0.05, 0) is 25.1 Å². The lowest BCUT2D eigenvalue weighted by atomic mass is 10.0. The molecule has 0 aliphatic carbocycles. The molecule has 0 aliphatic rings. The number of rotatable bonds is 4. The van der Waals surface area contributed by atoms with E-state index in [1.54, 1.807) is 27.5 Å². The SMILES string of the molecule is COc1cc(-c2nccc3n[nH]c(C)c23)cc(OC)c1OC. The largest absolute Gasteiger partial charge is 0.493 e. The zero-order valence-electron chi connectivity index (χ0n) is 12.9. The number of H-pyrrole nitrogens is 1. The van der Waals surface area contributed by atoms with E-state index in [1.165, 1.54) is 0 Å². The molecule has 0 saturated carbocycles. The Morgan fingerprint density at radius 3 is 2.27 bits per heavy atom. The van der Waals surface area contributed by atoms with Gasteiger partial charge in [0.15, 0.2) is 11.5 Å². The molecular formula is C16H17N3O3. The Bertz CT molecular complexity index is 802. The highest BCUT2D eigenvalue weighted by Crippen LogP contribution is 2.42. The molecule has 0 saturated heterocycles. The zero-order chi connectivity index (χ0) is 15.7. The number of ether oxygens (including phenoxy) is 3. The first-order chi connectivity index (χ1) is 10.7. The van der Waals surface area contributed by atoms with Crippen molar-refractivity contribution >= 4 is 10.9 Å². The van der Waals surface area contributed by atoms with Crippen LogP contribution >= 0.6 is 0 Å². The highest BCUT2D eigenvalue weighted by Gasteiger charge is 2.17. The second kappa shape index (κ2) is 5.55. The molecule has 0 unspecified atom stereocenters. The Labute approximate surface area is 128 Å². The Kier molecular flexibility index (Phi) is 3.58. The number of nitrogens with zero attached hydrogens (tertiary/aromatic N) is 2. The highest BCUT2D eigenvalue weighted by molar-refractivity contribution is 5.94. The highest BCUT2D eigenvalue weighted by atomic mass is 16.5. The molecule has 0 spiro atoms. The van der Waals surface area contributed by atoms with E-state index in [0.29, 0.717) is 17.2 Å². The molecule has 1 aromatic carbocycles. The molecule has 114 valence electrons. The standard InChI is InChI=1S/C16H17N3O3/c1-9-14-11(19-18-9)5-6-17-15(14)10-7-12(20-2)16(22-4)13(8-10)21-3/h5-8H,1-4H3,(H,18,19). The molecule has 2 heterocycles. The first kappa shape index (κ1) is 14.2. The maximum absolute atomic E-state index is 5.41. The van der Waals surface area contributed by atoms with E-state index in [0.717, 1.165) is 27.9 Å². The van der Waals surface area contributed by atoms with Crippen LogP contribution in [0.25, 0.3) is 22.2 Å². The van der Waals surface area contributed by atoms with E-state index < -0.39 is 0 Å². The van der Waals surface area contributed by atoms with E-state index in [2.05, 4.69) is 15.2 Å². The van der Waals surface area contributed by atoms with Gasteiger partial charge in [0.05, 0.1) is 32.5 Å². The van der Waals surface area contributed by atoms with E-state index in [4.69, 9.17) is 14.2 Å². The predicted molar refractivity (Wildman–Crippen MR) is 83.7 cm³/mol. The lowest BCUT2D eigenvalue weighted by Gasteiger charge is -2.14. The predicted octanol–water partition coefficient (Wildman–Crippen LogP) is 2.96. The van der Waals surface area contributed by atoms with E-state index in [9.17, 15) is 0 Å². The van der Waals surface area contributed by atoms with Crippen molar-refractivity contribution in [3.8, 4) is 28.5 Å². The molecule has 0 radical (unpaired) electrons. The van der Waals surface area contributed by atoms with Gasteiger partial charge in [-0.15, -0.1) is 0 Å². The van der Waals surface area contributed by atoms with Gasteiger partial charge < -0.3 is 14.2 Å². The molecule has 6 nitrogen and oxygen atoms in total. The van der Waals surface area contributed by atoms with Gasteiger partial charge in [-0.3, -0.25) is 10.1 Å². The number of methoxy groups -OCH3 is 3. The van der Waals surface area contributed by atoms with Crippen LogP contribution in [0.4, 0.5) is 0 Å². The van der Waals surface area contributed by atoms with E-state index in [1.807, 2.05) is 25.1 Å². The minimum Gasteiger partial charge on any atom is -0.493 e. The summed E-state index contributed by atoms with van der Waals surface area (Å²) in [5.74, 6) is 1.75. The number of pyridine rings is 1. The first-order valence-corrected chi connectivity index (χ1v) is 6.79. The molecule has 0 amide bonds. The van der Waals surface area contributed by atoms with Crippen LogP contribution in [-0.4, -0.2) is 36.5 Å². The molecule has 1 N–H and O–H groups in total. The summed E-state index contributed by atoms with van der Waals surface area (Å²) in [7, 11) is 4.77. The minimum atomic E-state index is 0.560. The third kappa shape index (κ3) is 2.13.